The Balaban J connectivity index is 1.74. The molecule has 5 nitrogen and oxygen atoms in total. The smallest absolute Gasteiger partial charge is 0.274 e. The zero-order valence-corrected chi connectivity index (χ0v) is 13.1. The molecular weight excluding hydrogens is 290 g/mol. The second kappa shape index (κ2) is 6.60. The molecule has 2 aromatic carbocycles. The van der Waals surface area contributed by atoms with Gasteiger partial charge in [-0.1, -0.05) is 18.2 Å². The number of nitrogens with zero attached hydrogens (tertiary/aromatic N) is 3. The molecule has 0 aliphatic carbocycles. The first-order valence-electron chi connectivity index (χ1n) is 7.77. The van der Waals surface area contributed by atoms with Crippen molar-refractivity contribution in [3.8, 4) is 0 Å². The molecule has 1 saturated heterocycles. The fraction of sp³-hybridized carbons (Fsp3) is 0.278. The van der Waals surface area contributed by atoms with Crippen molar-refractivity contribution in [2.24, 2.45) is 4.99 Å². The number of nitro benzene ring substituents is 1. The van der Waals surface area contributed by atoms with Crippen LogP contribution in [0.25, 0.3) is 0 Å². The Morgan fingerprint density at radius 2 is 1.83 bits per heavy atom. The number of aryl methyl sites for hydroxylation is 1. The van der Waals surface area contributed by atoms with Gasteiger partial charge in [0.15, 0.2) is 0 Å². The second-order valence-corrected chi connectivity index (χ2v) is 5.77. The standard InChI is InChI=1S/C18H19N3O2/c1-14-4-7-16(12-18(14)21(22)23)19-13-15-5-8-17(9-6-15)20-10-2-3-11-20/h4-9,12-13H,2-3,10-11H2,1H3. The molecule has 118 valence electrons. The maximum atomic E-state index is 11.0. The molecule has 0 aromatic heterocycles. The molecule has 0 atom stereocenters. The van der Waals surface area contributed by atoms with Crippen LogP contribution in [0, 0.1) is 17.0 Å². The van der Waals surface area contributed by atoms with Gasteiger partial charge in [0.2, 0.25) is 0 Å². The van der Waals surface area contributed by atoms with Crippen molar-refractivity contribution in [1.82, 2.24) is 0 Å². The number of nitro groups is 1. The Kier molecular flexibility index (Phi) is 4.37. The van der Waals surface area contributed by atoms with Crippen LogP contribution >= 0.6 is 0 Å². The van der Waals surface area contributed by atoms with Crippen molar-refractivity contribution in [3.63, 3.8) is 0 Å². The van der Waals surface area contributed by atoms with Gasteiger partial charge in [-0.25, -0.2) is 0 Å². The summed E-state index contributed by atoms with van der Waals surface area (Å²) in [6, 6.07) is 13.3. The quantitative estimate of drug-likeness (QED) is 0.482. The highest BCUT2D eigenvalue weighted by molar-refractivity contribution is 5.82. The molecule has 1 heterocycles. The highest BCUT2D eigenvalue weighted by atomic mass is 16.6. The summed E-state index contributed by atoms with van der Waals surface area (Å²) in [5, 5.41) is 11.0. The van der Waals surface area contributed by atoms with Gasteiger partial charge in [-0.3, -0.25) is 15.1 Å². The summed E-state index contributed by atoms with van der Waals surface area (Å²) in [6.45, 7) is 3.98. The predicted octanol–water partition coefficient (Wildman–Crippen LogP) is 4.25. The SMILES string of the molecule is Cc1ccc(N=Cc2ccc(N3CCCC3)cc2)cc1[N+](=O)[O-]. The lowest BCUT2D eigenvalue weighted by molar-refractivity contribution is -0.385. The number of benzene rings is 2. The molecule has 1 fully saturated rings. The zero-order valence-electron chi connectivity index (χ0n) is 13.1. The van der Waals surface area contributed by atoms with Crippen molar-refractivity contribution >= 4 is 23.3 Å². The third kappa shape index (κ3) is 3.56. The molecule has 5 heteroatoms. The lowest BCUT2D eigenvalue weighted by Gasteiger charge is -2.17. The van der Waals surface area contributed by atoms with Crippen LogP contribution in [0.4, 0.5) is 17.1 Å². The molecule has 0 radical (unpaired) electrons. The van der Waals surface area contributed by atoms with E-state index in [1.807, 2.05) is 12.1 Å². The van der Waals surface area contributed by atoms with E-state index in [2.05, 4.69) is 22.0 Å². The molecule has 0 bridgehead atoms. The summed E-state index contributed by atoms with van der Waals surface area (Å²) < 4.78 is 0. The van der Waals surface area contributed by atoms with Crippen LogP contribution in [-0.2, 0) is 0 Å². The van der Waals surface area contributed by atoms with Gasteiger partial charge < -0.3 is 4.90 Å². The maximum Gasteiger partial charge on any atom is 0.274 e. The van der Waals surface area contributed by atoms with Crippen molar-refractivity contribution in [2.75, 3.05) is 18.0 Å². The average Bonchev–Trinajstić information content (AvgIpc) is 3.09. The third-order valence-electron chi connectivity index (χ3n) is 4.12. The molecule has 23 heavy (non-hydrogen) atoms. The van der Waals surface area contributed by atoms with Crippen LogP contribution < -0.4 is 4.90 Å². The molecule has 0 N–H and O–H groups in total. The van der Waals surface area contributed by atoms with E-state index < -0.39 is 0 Å². The molecule has 2 aromatic rings. The van der Waals surface area contributed by atoms with Crippen LogP contribution in [0.3, 0.4) is 0 Å². The van der Waals surface area contributed by atoms with E-state index in [1.165, 1.54) is 24.6 Å². The van der Waals surface area contributed by atoms with E-state index in [4.69, 9.17) is 0 Å². The molecule has 1 aliphatic heterocycles. The van der Waals surface area contributed by atoms with E-state index in [1.54, 1.807) is 25.3 Å². The van der Waals surface area contributed by atoms with Gasteiger partial charge in [-0.15, -0.1) is 0 Å². The Morgan fingerprint density at radius 3 is 2.48 bits per heavy atom. The molecule has 0 amide bonds. The van der Waals surface area contributed by atoms with Crippen molar-refractivity contribution in [2.45, 2.75) is 19.8 Å². The fourth-order valence-corrected chi connectivity index (χ4v) is 2.77. The van der Waals surface area contributed by atoms with Gasteiger partial charge in [0.25, 0.3) is 5.69 Å². The topological polar surface area (TPSA) is 58.7 Å². The minimum atomic E-state index is -0.376. The number of aliphatic imine (C=N–C) groups is 1. The van der Waals surface area contributed by atoms with Crippen molar-refractivity contribution in [1.29, 1.82) is 0 Å². The third-order valence-corrected chi connectivity index (χ3v) is 4.12. The summed E-state index contributed by atoms with van der Waals surface area (Å²) in [6.07, 6.45) is 4.26. The summed E-state index contributed by atoms with van der Waals surface area (Å²) >= 11 is 0. The largest absolute Gasteiger partial charge is 0.372 e. The molecule has 0 spiro atoms. The normalized spacial score (nSPS) is 14.6. The number of hydrogen-bond acceptors (Lipinski definition) is 4. The van der Waals surface area contributed by atoms with E-state index >= 15 is 0 Å². The Bertz CT molecular complexity index is 732. The molecule has 0 unspecified atom stereocenters. The predicted molar refractivity (Wildman–Crippen MR) is 93.0 cm³/mol. The number of hydrogen-bond donors (Lipinski definition) is 0. The van der Waals surface area contributed by atoms with E-state index in [-0.39, 0.29) is 10.6 Å². The number of anilines is 1. The molecule has 3 rings (SSSR count). The summed E-state index contributed by atoms with van der Waals surface area (Å²) in [4.78, 5) is 17.3. The minimum Gasteiger partial charge on any atom is -0.372 e. The Hall–Kier alpha value is -2.69. The van der Waals surface area contributed by atoms with Crippen molar-refractivity contribution in [3.05, 3.63) is 63.7 Å². The molecule has 0 saturated carbocycles. The summed E-state index contributed by atoms with van der Waals surface area (Å²) in [5.41, 5.74) is 3.56. The maximum absolute atomic E-state index is 11.0. The lowest BCUT2D eigenvalue weighted by atomic mass is 10.2. The van der Waals surface area contributed by atoms with Gasteiger partial charge in [0.1, 0.15) is 0 Å². The Morgan fingerprint density at radius 1 is 1.13 bits per heavy atom. The van der Waals surface area contributed by atoms with Crippen LogP contribution in [0.2, 0.25) is 0 Å². The van der Waals surface area contributed by atoms with Crippen LogP contribution in [-0.4, -0.2) is 24.2 Å². The highest BCUT2D eigenvalue weighted by Crippen LogP contribution is 2.24. The lowest BCUT2D eigenvalue weighted by Crippen LogP contribution is -2.17. The van der Waals surface area contributed by atoms with Gasteiger partial charge in [-0.2, -0.15) is 0 Å². The van der Waals surface area contributed by atoms with Gasteiger partial charge >= 0.3 is 0 Å². The first kappa shape index (κ1) is 15.2. The van der Waals surface area contributed by atoms with Gasteiger partial charge in [-0.05, 0) is 43.5 Å². The van der Waals surface area contributed by atoms with E-state index in [0.29, 0.717) is 11.3 Å². The molecular formula is C18H19N3O2. The van der Waals surface area contributed by atoms with Crippen LogP contribution in [0.5, 0.6) is 0 Å². The molecule has 1 aliphatic rings. The highest BCUT2D eigenvalue weighted by Gasteiger charge is 2.12. The van der Waals surface area contributed by atoms with Crippen LogP contribution in [0.15, 0.2) is 47.5 Å². The van der Waals surface area contributed by atoms with Crippen molar-refractivity contribution < 1.29 is 4.92 Å². The fourth-order valence-electron chi connectivity index (χ4n) is 2.77. The van der Waals surface area contributed by atoms with Gasteiger partial charge in [0, 0.05) is 36.6 Å². The zero-order chi connectivity index (χ0) is 16.2. The number of rotatable bonds is 4. The first-order valence-corrected chi connectivity index (χ1v) is 7.77. The first-order chi connectivity index (χ1) is 11.1. The Labute approximate surface area is 135 Å². The van der Waals surface area contributed by atoms with Gasteiger partial charge in [0.05, 0.1) is 10.6 Å². The monoisotopic (exact) mass is 309 g/mol. The average molecular weight is 309 g/mol. The van der Waals surface area contributed by atoms with E-state index in [9.17, 15) is 10.1 Å². The van der Waals surface area contributed by atoms with E-state index in [0.717, 1.165) is 18.7 Å². The summed E-state index contributed by atoms with van der Waals surface area (Å²) in [5.74, 6) is 0. The van der Waals surface area contributed by atoms with Crippen LogP contribution in [0.1, 0.15) is 24.0 Å². The second-order valence-electron chi connectivity index (χ2n) is 5.77. The summed E-state index contributed by atoms with van der Waals surface area (Å²) in [7, 11) is 0. The minimum absolute atomic E-state index is 0.101.